The van der Waals surface area contributed by atoms with Crippen molar-refractivity contribution < 1.29 is 0 Å². The van der Waals surface area contributed by atoms with Gasteiger partial charge in [0.05, 0.1) is 22.6 Å². The predicted molar refractivity (Wildman–Crippen MR) is 178 cm³/mol. The molecule has 0 fully saturated rings. The quantitative estimate of drug-likeness (QED) is 0.195. The highest BCUT2D eigenvalue weighted by Crippen LogP contribution is 2.37. The molecule has 0 saturated carbocycles. The van der Waals surface area contributed by atoms with Gasteiger partial charge >= 0.3 is 0 Å². The molecule has 4 heterocycles. The van der Waals surface area contributed by atoms with Crippen molar-refractivity contribution in [2.75, 3.05) is 0 Å². The molecule has 8 aromatic rings. The van der Waals surface area contributed by atoms with Crippen LogP contribution in [0.25, 0.3) is 78.0 Å². The number of pyridine rings is 3. The Kier molecular flexibility index (Phi) is 6.39. The van der Waals surface area contributed by atoms with E-state index in [1.807, 2.05) is 36.5 Å². The highest BCUT2D eigenvalue weighted by molar-refractivity contribution is 6.13. The van der Waals surface area contributed by atoms with E-state index in [9.17, 15) is 0 Å². The third kappa shape index (κ3) is 4.76. The van der Waals surface area contributed by atoms with Crippen LogP contribution in [0.2, 0.25) is 0 Å². The molecule has 0 saturated heterocycles. The molecule has 0 spiro atoms. The number of fused-ring (bicyclic) bond motifs is 3. The van der Waals surface area contributed by atoms with Crippen LogP contribution in [0, 0.1) is 0 Å². The normalized spacial score (nSPS) is 11.2. The summed E-state index contributed by atoms with van der Waals surface area (Å²) in [7, 11) is 0. The molecule has 5 heteroatoms. The van der Waals surface area contributed by atoms with Gasteiger partial charge in [0.15, 0.2) is 5.82 Å². The van der Waals surface area contributed by atoms with E-state index < -0.39 is 0 Å². The lowest BCUT2D eigenvalue weighted by molar-refractivity contribution is 1.16. The van der Waals surface area contributed by atoms with Gasteiger partial charge in [0.2, 0.25) is 0 Å². The van der Waals surface area contributed by atoms with E-state index in [1.165, 1.54) is 27.3 Å². The minimum Gasteiger partial charge on any atom is -0.264 e. The second kappa shape index (κ2) is 11.0. The molecule has 4 aromatic carbocycles. The number of aromatic nitrogens is 5. The zero-order chi connectivity index (χ0) is 29.3. The second-order valence-electron chi connectivity index (χ2n) is 10.6. The maximum absolute atomic E-state index is 5.15. The van der Waals surface area contributed by atoms with Crippen molar-refractivity contribution in [2.24, 2.45) is 0 Å². The summed E-state index contributed by atoms with van der Waals surface area (Å²) in [5, 5.41) is 3.58. The lowest BCUT2D eigenvalue weighted by Crippen LogP contribution is -1.96. The fourth-order valence-corrected chi connectivity index (χ4v) is 5.69. The largest absolute Gasteiger partial charge is 0.264 e. The highest BCUT2D eigenvalue weighted by atomic mass is 14.9. The van der Waals surface area contributed by atoms with E-state index in [0.717, 1.165) is 44.9 Å². The summed E-state index contributed by atoms with van der Waals surface area (Å²) in [5.74, 6) is 0.620. The summed E-state index contributed by atoms with van der Waals surface area (Å²) < 4.78 is 0. The van der Waals surface area contributed by atoms with Crippen LogP contribution < -0.4 is 0 Å². The molecule has 4 aromatic heterocycles. The Morgan fingerprint density at radius 2 is 1.02 bits per heavy atom. The molecule has 0 unspecified atom stereocenters. The predicted octanol–water partition coefficient (Wildman–Crippen LogP) is 9.30. The molecule has 8 rings (SSSR count). The summed E-state index contributed by atoms with van der Waals surface area (Å²) in [6.45, 7) is 0. The van der Waals surface area contributed by atoms with Crippen LogP contribution >= 0.6 is 0 Å². The molecule has 0 radical (unpaired) electrons. The molecule has 206 valence electrons. The van der Waals surface area contributed by atoms with Gasteiger partial charge in [-0.05, 0) is 64.4 Å². The van der Waals surface area contributed by atoms with Gasteiger partial charge in [-0.1, -0.05) is 84.9 Å². The SMILES string of the molecule is c1ccc(-c2cc(-c3ccc(-c4cc(-c5cccnc5)nc(-c5cccnc5)n4)cc3)nc3ccc4ccccc4c23)cc1. The topological polar surface area (TPSA) is 64.5 Å². The number of rotatable bonds is 5. The average molecular weight is 564 g/mol. The fourth-order valence-electron chi connectivity index (χ4n) is 5.69. The number of hydrogen-bond donors (Lipinski definition) is 0. The first-order chi connectivity index (χ1) is 21.8. The molecule has 0 bridgehead atoms. The summed E-state index contributed by atoms with van der Waals surface area (Å²) in [6, 6.07) is 43.8. The Balaban J connectivity index is 1.25. The van der Waals surface area contributed by atoms with Gasteiger partial charge < -0.3 is 0 Å². The molecular formula is C39H25N5. The van der Waals surface area contributed by atoms with Crippen molar-refractivity contribution in [2.45, 2.75) is 0 Å². The van der Waals surface area contributed by atoms with E-state index in [4.69, 9.17) is 15.0 Å². The third-order valence-electron chi connectivity index (χ3n) is 7.86. The first-order valence-electron chi connectivity index (χ1n) is 14.5. The number of benzene rings is 4. The molecule has 0 aliphatic heterocycles. The second-order valence-corrected chi connectivity index (χ2v) is 10.6. The Morgan fingerprint density at radius 3 is 1.73 bits per heavy atom. The molecular weight excluding hydrogens is 538 g/mol. The van der Waals surface area contributed by atoms with E-state index in [2.05, 4.69) is 107 Å². The third-order valence-corrected chi connectivity index (χ3v) is 7.86. The summed E-state index contributed by atoms with van der Waals surface area (Å²) >= 11 is 0. The Labute approximate surface area is 254 Å². The number of hydrogen-bond acceptors (Lipinski definition) is 5. The fraction of sp³-hybridized carbons (Fsp3) is 0. The Bertz CT molecular complexity index is 2190. The Hall–Kier alpha value is -6.07. The monoisotopic (exact) mass is 563 g/mol. The maximum atomic E-state index is 5.15. The van der Waals surface area contributed by atoms with Gasteiger partial charge in [-0.15, -0.1) is 0 Å². The van der Waals surface area contributed by atoms with Crippen LogP contribution in [0.1, 0.15) is 0 Å². The van der Waals surface area contributed by atoms with Crippen molar-refractivity contribution in [3.8, 4) is 56.3 Å². The van der Waals surface area contributed by atoms with Crippen molar-refractivity contribution in [1.29, 1.82) is 0 Å². The van der Waals surface area contributed by atoms with Crippen LogP contribution in [-0.4, -0.2) is 24.9 Å². The van der Waals surface area contributed by atoms with Crippen LogP contribution in [0.3, 0.4) is 0 Å². The average Bonchev–Trinajstić information content (AvgIpc) is 3.12. The first-order valence-corrected chi connectivity index (χ1v) is 14.5. The van der Waals surface area contributed by atoms with Gasteiger partial charge in [0.1, 0.15) is 0 Å². The van der Waals surface area contributed by atoms with Crippen LogP contribution in [0.4, 0.5) is 0 Å². The maximum Gasteiger partial charge on any atom is 0.161 e. The van der Waals surface area contributed by atoms with Gasteiger partial charge in [-0.25, -0.2) is 15.0 Å². The van der Waals surface area contributed by atoms with Crippen LogP contribution in [-0.2, 0) is 0 Å². The lowest BCUT2D eigenvalue weighted by Gasteiger charge is -2.13. The van der Waals surface area contributed by atoms with E-state index in [1.54, 1.807) is 18.6 Å². The smallest absolute Gasteiger partial charge is 0.161 e. The molecule has 0 amide bonds. The summed E-state index contributed by atoms with van der Waals surface area (Å²) in [5.41, 5.74) is 9.68. The molecule has 0 N–H and O–H groups in total. The highest BCUT2D eigenvalue weighted by Gasteiger charge is 2.14. The minimum absolute atomic E-state index is 0.620. The zero-order valence-corrected chi connectivity index (χ0v) is 23.7. The van der Waals surface area contributed by atoms with Crippen molar-refractivity contribution in [3.05, 3.63) is 152 Å². The molecule has 0 aliphatic rings. The van der Waals surface area contributed by atoms with Crippen LogP contribution in [0.15, 0.2) is 152 Å². The van der Waals surface area contributed by atoms with Crippen molar-refractivity contribution >= 4 is 21.7 Å². The minimum atomic E-state index is 0.620. The first kappa shape index (κ1) is 25.6. The lowest BCUT2D eigenvalue weighted by atomic mass is 9.94. The standard InChI is InChI=1S/C39H25N5/c1-2-8-26(9-3-1)33-22-35(42-34-19-18-27-10-4-5-13-32(27)38(33)34)28-14-16-29(17-15-28)36-23-37(30-11-6-20-40-24-30)44-39(43-36)31-12-7-21-41-25-31/h1-25H. The molecule has 5 nitrogen and oxygen atoms in total. The van der Waals surface area contributed by atoms with Crippen LogP contribution in [0.5, 0.6) is 0 Å². The summed E-state index contributed by atoms with van der Waals surface area (Å²) in [6.07, 6.45) is 7.12. The van der Waals surface area contributed by atoms with Gasteiger partial charge in [0, 0.05) is 52.4 Å². The number of nitrogens with zero attached hydrogens (tertiary/aromatic N) is 5. The molecule has 0 atom stereocenters. The van der Waals surface area contributed by atoms with Crippen molar-refractivity contribution in [3.63, 3.8) is 0 Å². The van der Waals surface area contributed by atoms with E-state index >= 15 is 0 Å². The van der Waals surface area contributed by atoms with Crippen molar-refractivity contribution in [1.82, 2.24) is 24.9 Å². The van der Waals surface area contributed by atoms with E-state index in [-0.39, 0.29) is 0 Å². The van der Waals surface area contributed by atoms with E-state index in [0.29, 0.717) is 5.82 Å². The van der Waals surface area contributed by atoms with Gasteiger partial charge in [-0.2, -0.15) is 0 Å². The Morgan fingerprint density at radius 1 is 0.409 bits per heavy atom. The molecule has 44 heavy (non-hydrogen) atoms. The van der Waals surface area contributed by atoms with Gasteiger partial charge in [-0.3, -0.25) is 9.97 Å². The zero-order valence-electron chi connectivity index (χ0n) is 23.7. The molecule has 0 aliphatic carbocycles. The van der Waals surface area contributed by atoms with Gasteiger partial charge in [0.25, 0.3) is 0 Å². The summed E-state index contributed by atoms with van der Waals surface area (Å²) in [4.78, 5) is 23.5.